The summed E-state index contributed by atoms with van der Waals surface area (Å²) >= 11 is 0. The second kappa shape index (κ2) is 13.3. The summed E-state index contributed by atoms with van der Waals surface area (Å²) in [7, 11) is 0. The fourth-order valence-electron chi connectivity index (χ4n) is 6.93. The summed E-state index contributed by atoms with van der Waals surface area (Å²) in [5.74, 6) is 0.855. The molecule has 2 aliphatic heterocycles. The van der Waals surface area contributed by atoms with Crippen molar-refractivity contribution >= 4 is 29.3 Å². The maximum Gasteiger partial charge on any atom is 0.266 e. The van der Waals surface area contributed by atoms with Gasteiger partial charge in [0.1, 0.15) is 35.1 Å². The molecular weight excluding hydrogens is 676 g/mol. The number of amides is 4. The fourth-order valence-corrected chi connectivity index (χ4v) is 6.93. The fraction of sp³-hybridized carbons (Fsp3) is 0.275. The molecule has 13 heteroatoms. The molecule has 268 valence electrons. The Hall–Kier alpha value is -6.37. The van der Waals surface area contributed by atoms with Crippen LogP contribution in [0.1, 0.15) is 77.3 Å². The number of hydrogen-bond donors (Lipinski definition) is 2. The quantitative estimate of drug-likeness (QED) is 0.164. The van der Waals surface area contributed by atoms with E-state index in [4.69, 9.17) is 13.9 Å². The zero-order valence-electron chi connectivity index (χ0n) is 29.3. The number of imide groups is 2. The summed E-state index contributed by atoms with van der Waals surface area (Å²) < 4.78 is 17.7. The number of carbonyl (C=O) groups excluding carboxylic acids is 4. The van der Waals surface area contributed by atoms with Gasteiger partial charge in [-0.05, 0) is 72.1 Å². The van der Waals surface area contributed by atoms with Crippen molar-refractivity contribution in [2.75, 3.05) is 5.32 Å². The first-order valence-electron chi connectivity index (χ1n) is 17.5. The molecule has 5 aromatic rings. The largest absolute Gasteiger partial charge is 0.490 e. The van der Waals surface area contributed by atoms with Crippen LogP contribution in [0.5, 0.6) is 17.2 Å². The number of benzene rings is 3. The average Bonchev–Trinajstić information content (AvgIpc) is 3.68. The molecule has 4 amide bonds. The first-order chi connectivity index (χ1) is 25.5. The van der Waals surface area contributed by atoms with E-state index in [9.17, 15) is 19.2 Å². The summed E-state index contributed by atoms with van der Waals surface area (Å²) in [5.41, 5.74) is 3.81. The van der Waals surface area contributed by atoms with Gasteiger partial charge in [-0.1, -0.05) is 38.1 Å². The Morgan fingerprint density at radius 3 is 2.15 bits per heavy atom. The predicted octanol–water partition coefficient (Wildman–Crippen LogP) is 5.98. The van der Waals surface area contributed by atoms with E-state index in [0.29, 0.717) is 34.7 Å². The van der Waals surface area contributed by atoms with Crippen LogP contribution in [-0.4, -0.2) is 61.9 Å². The first kappa shape index (κ1) is 33.8. The molecule has 1 unspecified atom stereocenters. The highest BCUT2D eigenvalue weighted by molar-refractivity contribution is 6.23. The molecule has 1 aliphatic carbocycles. The predicted molar refractivity (Wildman–Crippen MR) is 192 cm³/mol. The Kier molecular flexibility index (Phi) is 8.48. The average molecular weight is 713 g/mol. The lowest BCUT2D eigenvalue weighted by Crippen LogP contribution is -2.54. The summed E-state index contributed by atoms with van der Waals surface area (Å²) in [6, 6.07) is 24.0. The lowest BCUT2D eigenvalue weighted by molar-refractivity contribution is -0.136. The number of pyridine rings is 1. The zero-order chi connectivity index (χ0) is 36.9. The minimum atomic E-state index is -0.989. The second-order valence-electron chi connectivity index (χ2n) is 14.0. The van der Waals surface area contributed by atoms with Gasteiger partial charge in [-0.25, -0.2) is 4.98 Å². The lowest BCUT2D eigenvalue weighted by atomic mass is 9.78. The van der Waals surface area contributed by atoms with Crippen molar-refractivity contribution in [1.29, 1.82) is 0 Å². The number of carbonyl (C=O) groups is 4. The van der Waals surface area contributed by atoms with Crippen LogP contribution in [0, 0.1) is 6.92 Å². The first-order valence-corrected chi connectivity index (χ1v) is 17.5. The molecular formula is C40H36N6O7. The van der Waals surface area contributed by atoms with Crippen LogP contribution in [0.4, 0.5) is 5.69 Å². The SMILES string of the molecule is Cc1nnc(-c2ccc(Oc3ccc(C(C)(C)c4ccc(OC5CC(Nc6ccc7c(c6)C(=O)N(C6CCC(=O)NC6=O)C7=O)C5)cc4)cc3)cn2)o1. The Morgan fingerprint density at radius 2 is 1.51 bits per heavy atom. The molecule has 8 rings (SSSR count). The number of aromatic nitrogens is 3. The number of ether oxygens (including phenoxy) is 2. The van der Waals surface area contributed by atoms with Crippen molar-refractivity contribution in [2.24, 2.45) is 0 Å². The van der Waals surface area contributed by atoms with Crippen molar-refractivity contribution < 1.29 is 33.1 Å². The number of nitrogens with one attached hydrogen (secondary N) is 2. The molecule has 0 bridgehead atoms. The Morgan fingerprint density at radius 1 is 0.830 bits per heavy atom. The van der Waals surface area contributed by atoms with Crippen LogP contribution >= 0.6 is 0 Å². The molecule has 3 aliphatic rings. The topological polar surface area (TPSA) is 166 Å². The summed E-state index contributed by atoms with van der Waals surface area (Å²) in [4.78, 5) is 55.4. The number of piperidine rings is 1. The highest BCUT2D eigenvalue weighted by Gasteiger charge is 2.45. The van der Waals surface area contributed by atoms with Crippen LogP contribution in [0.2, 0.25) is 0 Å². The van der Waals surface area contributed by atoms with Crippen molar-refractivity contribution in [3.05, 3.63) is 113 Å². The monoisotopic (exact) mass is 712 g/mol. The van der Waals surface area contributed by atoms with Gasteiger partial charge < -0.3 is 19.2 Å². The van der Waals surface area contributed by atoms with Crippen molar-refractivity contribution in [2.45, 2.75) is 70.1 Å². The molecule has 2 N–H and O–H groups in total. The van der Waals surface area contributed by atoms with E-state index in [-0.39, 0.29) is 41.5 Å². The van der Waals surface area contributed by atoms with Crippen LogP contribution in [-0.2, 0) is 15.0 Å². The normalized spacial score (nSPS) is 19.8. The van der Waals surface area contributed by atoms with Gasteiger partial charge in [0, 0.05) is 43.3 Å². The Balaban J connectivity index is 0.829. The van der Waals surface area contributed by atoms with Crippen LogP contribution in [0.15, 0.2) is 89.5 Å². The van der Waals surface area contributed by atoms with Crippen molar-refractivity contribution in [3.63, 3.8) is 0 Å². The third kappa shape index (κ3) is 6.61. The zero-order valence-corrected chi connectivity index (χ0v) is 29.3. The van der Waals surface area contributed by atoms with E-state index in [0.717, 1.165) is 34.6 Å². The minimum Gasteiger partial charge on any atom is -0.490 e. The highest BCUT2D eigenvalue weighted by atomic mass is 16.5. The third-order valence-electron chi connectivity index (χ3n) is 10.1. The van der Waals surface area contributed by atoms with Crippen LogP contribution < -0.4 is 20.1 Å². The van der Waals surface area contributed by atoms with E-state index < -0.39 is 29.7 Å². The molecule has 4 heterocycles. The molecule has 53 heavy (non-hydrogen) atoms. The number of hydrogen-bond acceptors (Lipinski definition) is 11. The number of nitrogens with zero attached hydrogens (tertiary/aromatic N) is 4. The van der Waals surface area contributed by atoms with E-state index in [1.807, 2.05) is 30.3 Å². The maximum absolute atomic E-state index is 13.2. The molecule has 1 saturated heterocycles. The molecule has 2 fully saturated rings. The van der Waals surface area contributed by atoms with Gasteiger partial charge in [-0.2, -0.15) is 0 Å². The van der Waals surface area contributed by atoms with Gasteiger partial charge >= 0.3 is 0 Å². The summed E-state index contributed by atoms with van der Waals surface area (Å²) in [6.45, 7) is 6.09. The van der Waals surface area contributed by atoms with E-state index in [1.165, 1.54) is 0 Å². The van der Waals surface area contributed by atoms with Gasteiger partial charge in [0.2, 0.25) is 17.7 Å². The summed E-state index contributed by atoms with van der Waals surface area (Å²) in [6.07, 6.45) is 3.40. The van der Waals surface area contributed by atoms with E-state index in [2.05, 4.69) is 63.9 Å². The van der Waals surface area contributed by atoms with Crippen LogP contribution in [0.3, 0.4) is 0 Å². The molecule has 0 radical (unpaired) electrons. The molecule has 13 nitrogen and oxygen atoms in total. The maximum atomic E-state index is 13.2. The number of aryl methyl sites for hydroxylation is 1. The third-order valence-corrected chi connectivity index (χ3v) is 10.1. The van der Waals surface area contributed by atoms with Gasteiger partial charge in [-0.15, -0.1) is 10.2 Å². The van der Waals surface area contributed by atoms with E-state index >= 15 is 0 Å². The summed E-state index contributed by atoms with van der Waals surface area (Å²) in [5, 5.41) is 13.5. The lowest BCUT2D eigenvalue weighted by Gasteiger charge is -2.36. The van der Waals surface area contributed by atoms with Crippen LogP contribution in [0.25, 0.3) is 11.6 Å². The highest BCUT2D eigenvalue weighted by Crippen LogP contribution is 2.36. The van der Waals surface area contributed by atoms with E-state index in [1.54, 1.807) is 37.4 Å². The number of fused-ring (bicyclic) bond motifs is 1. The number of rotatable bonds is 10. The van der Waals surface area contributed by atoms with Gasteiger partial charge in [0.25, 0.3) is 17.7 Å². The minimum absolute atomic E-state index is 0.0361. The molecule has 1 atom stereocenters. The Bertz CT molecular complexity index is 2230. The smallest absolute Gasteiger partial charge is 0.266 e. The van der Waals surface area contributed by atoms with Gasteiger partial charge in [-0.3, -0.25) is 29.4 Å². The van der Waals surface area contributed by atoms with Crippen molar-refractivity contribution in [1.82, 2.24) is 25.4 Å². The second-order valence-corrected chi connectivity index (χ2v) is 14.0. The standard InChI is InChI=1S/C40H36N6O7/c1-22-44-45-37(51-22)33-15-13-29(21-41-33)52-27-9-4-23(5-10-27)40(2,3)24-6-11-28(12-7-24)53-30-18-26(19-30)42-25-8-14-31-32(20-25)39(50)46(38(31)49)34-16-17-35(47)43-36(34)48/h4-15,20-21,26,30,34,42H,16-19H2,1-3H3,(H,43,47,48). The Labute approximate surface area is 304 Å². The van der Waals surface area contributed by atoms with Gasteiger partial charge in [0.05, 0.1) is 17.3 Å². The molecule has 3 aromatic carbocycles. The van der Waals surface area contributed by atoms with Crippen molar-refractivity contribution in [3.8, 4) is 28.8 Å². The number of anilines is 1. The molecule has 1 saturated carbocycles. The molecule has 2 aromatic heterocycles. The van der Waals surface area contributed by atoms with Gasteiger partial charge in [0.15, 0.2) is 0 Å². The molecule has 0 spiro atoms.